The Hall–Kier alpha value is -4.12. The molecule has 0 amide bonds. The first kappa shape index (κ1) is 22.4. The van der Waals surface area contributed by atoms with Gasteiger partial charge in [0, 0.05) is 48.8 Å². The summed E-state index contributed by atoms with van der Waals surface area (Å²) >= 11 is 0. The van der Waals surface area contributed by atoms with Crippen LogP contribution in [0.25, 0.3) is 27.8 Å². The maximum Gasteiger partial charge on any atom is 0.150 e. The number of piperazine rings is 1. The maximum atomic E-state index is 4.87. The average molecular weight is 474 g/mol. The van der Waals surface area contributed by atoms with Crippen LogP contribution in [0.1, 0.15) is 18.1 Å². The summed E-state index contributed by atoms with van der Waals surface area (Å²) in [5, 5.41) is 1.11. The molecule has 2 aromatic heterocycles. The number of fused-ring (bicyclic) bond motifs is 1. The van der Waals surface area contributed by atoms with Gasteiger partial charge in [0.2, 0.25) is 0 Å². The molecule has 0 N–H and O–H groups in total. The van der Waals surface area contributed by atoms with Gasteiger partial charge in [0.25, 0.3) is 0 Å². The van der Waals surface area contributed by atoms with Crippen LogP contribution in [0.15, 0.2) is 91.4 Å². The molecule has 5 nitrogen and oxygen atoms in total. The van der Waals surface area contributed by atoms with Crippen molar-refractivity contribution in [3.8, 4) is 16.8 Å². The Morgan fingerprint density at radius 1 is 0.778 bits per heavy atom. The van der Waals surface area contributed by atoms with E-state index in [-0.39, 0.29) is 0 Å². The minimum Gasteiger partial charge on any atom is -0.365 e. The molecule has 5 aromatic rings. The smallest absolute Gasteiger partial charge is 0.150 e. The van der Waals surface area contributed by atoms with Gasteiger partial charge in [-0.1, -0.05) is 60.2 Å². The first-order valence-electron chi connectivity index (χ1n) is 12.7. The average Bonchev–Trinajstić information content (AvgIpc) is 3.29. The van der Waals surface area contributed by atoms with E-state index in [1.54, 1.807) is 6.33 Å². The van der Waals surface area contributed by atoms with Crippen molar-refractivity contribution < 1.29 is 0 Å². The molecule has 1 aliphatic heterocycles. The van der Waals surface area contributed by atoms with E-state index in [9.17, 15) is 0 Å². The Kier molecular flexibility index (Phi) is 5.68. The minimum atomic E-state index is 0.366. The summed E-state index contributed by atoms with van der Waals surface area (Å²) in [6.45, 7) is 9.35. The van der Waals surface area contributed by atoms with Crippen molar-refractivity contribution in [1.82, 2.24) is 14.5 Å². The van der Waals surface area contributed by atoms with Gasteiger partial charge in [-0.15, -0.1) is 0 Å². The van der Waals surface area contributed by atoms with E-state index < -0.39 is 0 Å². The summed E-state index contributed by atoms with van der Waals surface area (Å²) in [4.78, 5) is 14.6. The molecule has 1 aliphatic rings. The summed E-state index contributed by atoms with van der Waals surface area (Å²) in [6, 6.07) is 28.4. The Balaban J connectivity index is 1.44. The van der Waals surface area contributed by atoms with Crippen molar-refractivity contribution in [2.45, 2.75) is 26.8 Å². The highest BCUT2D eigenvalue weighted by molar-refractivity contribution is 6.02. The molecule has 0 radical (unpaired) electrons. The van der Waals surface area contributed by atoms with Gasteiger partial charge < -0.3 is 14.4 Å². The summed E-state index contributed by atoms with van der Waals surface area (Å²) in [7, 11) is 0. The van der Waals surface area contributed by atoms with E-state index in [1.165, 1.54) is 22.4 Å². The number of benzene rings is 3. The normalized spacial score (nSPS) is 16.0. The van der Waals surface area contributed by atoms with Crippen molar-refractivity contribution in [2.24, 2.45) is 0 Å². The molecule has 1 atom stereocenters. The van der Waals surface area contributed by atoms with Crippen LogP contribution >= 0.6 is 0 Å². The van der Waals surface area contributed by atoms with E-state index in [4.69, 9.17) is 9.97 Å². The Morgan fingerprint density at radius 3 is 2.33 bits per heavy atom. The van der Waals surface area contributed by atoms with Crippen LogP contribution in [-0.4, -0.2) is 40.2 Å². The van der Waals surface area contributed by atoms with Crippen molar-refractivity contribution in [3.05, 3.63) is 103 Å². The highest BCUT2D eigenvalue weighted by Gasteiger charge is 2.28. The number of rotatable bonds is 4. The standard InChI is InChI=1S/C31H31N5/c1-22-12-14-26(15-13-22)36-20-28(25-9-5-4-6-10-25)29-30(32-21-33-31(29)36)34-16-17-35(24(3)19-34)27-11-7-8-23(2)18-27/h4-15,18,20-21,24H,16-17,19H2,1-3H3. The molecule has 3 aromatic carbocycles. The molecular weight excluding hydrogens is 442 g/mol. The molecule has 0 aliphatic carbocycles. The van der Waals surface area contributed by atoms with Gasteiger partial charge in [-0.2, -0.15) is 0 Å². The third-order valence-corrected chi connectivity index (χ3v) is 7.22. The van der Waals surface area contributed by atoms with E-state index in [1.807, 2.05) is 0 Å². The van der Waals surface area contributed by atoms with E-state index in [0.717, 1.165) is 47.7 Å². The van der Waals surface area contributed by atoms with Gasteiger partial charge in [-0.05, 0) is 56.2 Å². The van der Waals surface area contributed by atoms with Crippen LogP contribution < -0.4 is 9.80 Å². The summed E-state index contributed by atoms with van der Waals surface area (Å²) in [5.74, 6) is 1.01. The zero-order chi connectivity index (χ0) is 24.6. The molecule has 0 spiro atoms. The van der Waals surface area contributed by atoms with Crippen molar-refractivity contribution in [3.63, 3.8) is 0 Å². The van der Waals surface area contributed by atoms with Crippen LogP contribution in [0.5, 0.6) is 0 Å². The van der Waals surface area contributed by atoms with Gasteiger partial charge in [-0.25, -0.2) is 9.97 Å². The van der Waals surface area contributed by atoms with Gasteiger partial charge >= 0.3 is 0 Å². The number of hydrogen-bond donors (Lipinski definition) is 0. The molecule has 0 bridgehead atoms. The SMILES string of the molecule is Cc1ccc(-n2cc(-c3ccccc3)c3c(N4CCN(c5cccc(C)c5)C(C)C4)ncnc32)cc1. The third-order valence-electron chi connectivity index (χ3n) is 7.22. The fourth-order valence-corrected chi connectivity index (χ4v) is 5.36. The van der Waals surface area contributed by atoms with Gasteiger partial charge in [0.15, 0.2) is 5.65 Å². The highest BCUT2D eigenvalue weighted by Crippen LogP contribution is 2.37. The molecule has 180 valence electrons. The number of aryl methyl sites for hydroxylation is 2. The number of nitrogens with zero attached hydrogens (tertiary/aromatic N) is 5. The van der Waals surface area contributed by atoms with Crippen LogP contribution in [0.2, 0.25) is 0 Å². The van der Waals surface area contributed by atoms with Crippen LogP contribution in [-0.2, 0) is 0 Å². The number of anilines is 2. The van der Waals surface area contributed by atoms with Gasteiger partial charge in [-0.3, -0.25) is 0 Å². The van der Waals surface area contributed by atoms with Gasteiger partial charge in [0.1, 0.15) is 12.1 Å². The van der Waals surface area contributed by atoms with E-state index in [0.29, 0.717) is 6.04 Å². The third kappa shape index (κ3) is 4.01. The zero-order valence-corrected chi connectivity index (χ0v) is 21.1. The number of aromatic nitrogens is 3. The second kappa shape index (κ2) is 9.15. The van der Waals surface area contributed by atoms with E-state index >= 15 is 0 Å². The lowest BCUT2D eigenvalue weighted by molar-refractivity contribution is 0.548. The molecule has 1 saturated heterocycles. The fourth-order valence-electron chi connectivity index (χ4n) is 5.36. The minimum absolute atomic E-state index is 0.366. The molecule has 5 heteroatoms. The lowest BCUT2D eigenvalue weighted by Crippen LogP contribution is -2.52. The summed E-state index contributed by atoms with van der Waals surface area (Å²) in [6.07, 6.45) is 3.93. The number of hydrogen-bond acceptors (Lipinski definition) is 4. The predicted octanol–water partition coefficient (Wildman–Crippen LogP) is 6.42. The molecule has 1 fully saturated rings. The second-order valence-corrected chi connectivity index (χ2v) is 9.84. The predicted molar refractivity (Wildman–Crippen MR) is 149 cm³/mol. The summed E-state index contributed by atoms with van der Waals surface area (Å²) in [5.41, 5.74) is 8.22. The molecule has 36 heavy (non-hydrogen) atoms. The van der Waals surface area contributed by atoms with Crippen molar-refractivity contribution in [2.75, 3.05) is 29.4 Å². The van der Waals surface area contributed by atoms with Crippen LogP contribution in [0.4, 0.5) is 11.5 Å². The first-order chi connectivity index (χ1) is 17.6. The van der Waals surface area contributed by atoms with Crippen molar-refractivity contribution >= 4 is 22.5 Å². The topological polar surface area (TPSA) is 37.2 Å². The molecule has 3 heterocycles. The lowest BCUT2D eigenvalue weighted by Gasteiger charge is -2.42. The Bertz CT molecular complexity index is 1500. The molecule has 0 saturated carbocycles. The largest absolute Gasteiger partial charge is 0.365 e. The second-order valence-electron chi connectivity index (χ2n) is 9.84. The summed E-state index contributed by atoms with van der Waals surface area (Å²) < 4.78 is 2.20. The quantitative estimate of drug-likeness (QED) is 0.302. The fraction of sp³-hybridized carbons (Fsp3) is 0.226. The van der Waals surface area contributed by atoms with Gasteiger partial charge in [0.05, 0.1) is 5.39 Å². The maximum absolute atomic E-state index is 4.87. The van der Waals surface area contributed by atoms with Crippen LogP contribution in [0.3, 0.4) is 0 Å². The molecular formula is C31H31N5. The van der Waals surface area contributed by atoms with Crippen molar-refractivity contribution in [1.29, 1.82) is 0 Å². The Labute approximate surface area is 212 Å². The first-order valence-corrected chi connectivity index (χ1v) is 12.7. The van der Waals surface area contributed by atoms with Crippen LogP contribution in [0, 0.1) is 13.8 Å². The monoisotopic (exact) mass is 473 g/mol. The molecule has 1 unspecified atom stereocenters. The highest BCUT2D eigenvalue weighted by atomic mass is 15.3. The molecule has 6 rings (SSSR count). The zero-order valence-electron chi connectivity index (χ0n) is 21.1. The van der Waals surface area contributed by atoms with E-state index in [2.05, 4.69) is 120 Å². The lowest BCUT2D eigenvalue weighted by atomic mass is 10.1. The Morgan fingerprint density at radius 2 is 1.58 bits per heavy atom.